The molecular formula is C10H7F3N2OS2. The first-order valence-electron chi connectivity index (χ1n) is 4.76. The molecule has 1 aromatic carbocycles. The minimum atomic E-state index is -4.46. The van der Waals surface area contributed by atoms with E-state index in [1.807, 2.05) is 0 Å². The number of alkyl halides is 3. The molecule has 0 saturated carbocycles. The molecule has 0 saturated heterocycles. The van der Waals surface area contributed by atoms with Gasteiger partial charge in [-0.25, -0.2) is 4.98 Å². The lowest BCUT2D eigenvalue weighted by Crippen LogP contribution is -2.07. The quantitative estimate of drug-likeness (QED) is 0.943. The molecule has 0 atom stereocenters. The van der Waals surface area contributed by atoms with Gasteiger partial charge in [0.2, 0.25) is 0 Å². The van der Waals surface area contributed by atoms with Crippen LogP contribution in [0.4, 0.5) is 13.2 Å². The van der Waals surface area contributed by atoms with Gasteiger partial charge in [-0.1, -0.05) is 17.8 Å². The molecule has 0 aliphatic rings. The molecule has 1 N–H and O–H groups in total. The van der Waals surface area contributed by atoms with Crippen molar-refractivity contribution in [2.45, 2.75) is 22.0 Å². The number of aliphatic hydroxyl groups excluding tert-OH is 1. The fourth-order valence-electron chi connectivity index (χ4n) is 1.29. The third kappa shape index (κ3) is 3.01. The minimum Gasteiger partial charge on any atom is -0.392 e. The number of hydrogen-bond acceptors (Lipinski definition) is 5. The van der Waals surface area contributed by atoms with E-state index in [1.165, 1.54) is 18.5 Å². The van der Waals surface area contributed by atoms with E-state index >= 15 is 0 Å². The predicted octanol–water partition coefficient (Wildman–Crippen LogP) is 3.20. The van der Waals surface area contributed by atoms with Gasteiger partial charge in [0, 0.05) is 4.90 Å². The van der Waals surface area contributed by atoms with Gasteiger partial charge >= 0.3 is 6.18 Å². The smallest absolute Gasteiger partial charge is 0.392 e. The zero-order chi connectivity index (χ0) is 13.2. The summed E-state index contributed by atoms with van der Waals surface area (Å²) in [5, 5.41) is 8.88. The van der Waals surface area contributed by atoms with Crippen LogP contribution < -0.4 is 0 Å². The van der Waals surface area contributed by atoms with Crippen LogP contribution in [-0.2, 0) is 12.8 Å². The Bertz CT molecular complexity index is 528. The van der Waals surface area contributed by atoms with Crippen LogP contribution in [0, 0.1) is 0 Å². The van der Waals surface area contributed by atoms with Crippen LogP contribution in [0.5, 0.6) is 0 Å². The van der Waals surface area contributed by atoms with Gasteiger partial charge in [-0.2, -0.15) is 17.5 Å². The summed E-state index contributed by atoms with van der Waals surface area (Å²) in [6, 6.07) is 3.74. The van der Waals surface area contributed by atoms with E-state index in [1.54, 1.807) is 0 Å². The molecule has 0 amide bonds. The van der Waals surface area contributed by atoms with Crippen molar-refractivity contribution in [3.05, 3.63) is 35.7 Å². The Morgan fingerprint density at radius 3 is 2.67 bits per heavy atom. The van der Waals surface area contributed by atoms with Crippen molar-refractivity contribution < 1.29 is 18.3 Å². The number of aliphatic hydroxyl groups is 1. The van der Waals surface area contributed by atoms with Crippen LogP contribution in [0.15, 0.2) is 33.8 Å². The Morgan fingerprint density at radius 2 is 2.11 bits per heavy atom. The maximum atomic E-state index is 12.9. The standard InChI is InChI=1S/C10H7F3N2OS2/c11-10(12,13)7-3-6(4-16)1-2-8(7)17-9-14-5-15-18-9/h1-3,5,16H,4H2. The Kier molecular flexibility index (Phi) is 3.88. The molecule has 0 spiro atoms. The van der Waals surface area contributed by atoms with Gasteiger partial charge in [-0.3, -0.25) is 0 Å². The van der Waals surface area contributed by atoms with Gasteiger partial charge in [0.15, 0.2) is 4.34 Å². The number of aromatic nitrogens is 2. The molecule has 2 rings (SSSR count). The highest BCUT2D eigenvalue weighted by Gasteiger charge is 2.34. The van der Waals surface area contributed by atoms with Crippen molar-refractivity contribution in [2.24, 2.45) is 0 Å². The summed E-state index contributed by atoms with van der Waals surface area (Å²) in [6.07, 6.45) is -3.17. The van der Waals surface area contributed by atoms with Crippen molar-refractivity contribution in [2.75, 3.05) is 0 Å². The number of halogens is 3. The highest BCUT2D eigenvalue weighted by molar-refractivity contribution is 8.01. The first-order chi connectivity index (χ1) is 8.50. The average Bonchev–Trinajstić information content (AvgIpc) is 2.81. The molecule has 96 valence electrons. The van der Waals surface area contributed by atoms with Crippen LogP contribution in [0.2, 0.25) is 0 Å². The van der Waals surface area contributed by atoms with Gasteiger partial charge < -0.3 is 5.11 Å². The molecule has 0 aliphatic heterocycles. The third-order valence-electron chi connectivity index (χ3n) is 2.07. The van der Waals surface area contributed by atoms with E-state index in [2.05, 4.69) is 9.36 Å². The molecule has 8 heteroatoms. The predicted molar refractivity (Wildman–Crippen MR) is 61.4 cm³/mol. The monoisotopic (exact) mass is 292 g/mol. The summed E-state index contributed by atoms with van der Waals surface area (Å²) >= 11 is 1.94. The van der Waals surface area contributed by atoms with E-state index in [0.717, 1.165) is 29.4 Å². The van der Waals surface area contributed by atoms with Crippen molar-refractivity contribution in [1.29, 1.82) is 0 Å². The van der Waals surface area contributed by atoms with Gasteiger partial charge in [0.25, 0.3) is 0 Å². The summed E-state index contributed by atoms with van der Waals surface area (Å²) < 4.78 is 42.8. The number of hydrogen-bond donors (Lipinski definition) is 1. The first-order valence-corrected chi connectivity index (χ1v) is 6.35. The summed E-state index contributed by atoms with van der Waals surface area (Å²) in [4.78, 5) is 3.88. The largest absolute Gasteiger partial charge is 0.417 e. The van der Waals surface area contributed by atoms with Crippen molar-refractivity contribution in [1.82, 2.24) is 9.36 Å². The number of nitrogens with zero attached hydrogens (tertiary/aromatic N) is 2. The fourth-order valence-corrected chi connectivity index (χ4v) is 2.82. The highest BCUT2D eigenvalue weighted by Crippen LogP contribution is 2.40. The van der Waals surface area contributed by atoms with E-state index < -0.39 is 18.3 Å². The normalized spacial score (nSPS) is 11.8. The second-order valence-corrected chi connectivity index (χ2v) is 5.36. The molecule has 3 nitrogen and oxygen atoms in total. The SMILES string of the molecule is OCc1ccc(Sc2ncns2)c(C(F)(F)F)c1. The van der Waals surface area contributed by atoms with Crippen molar-refractivity contribution >= 4 is 23.3 Å². The molecule has 2 aromatic rings. The zero-order valence-electron chi connectivity index (χ0n) is 8.81. The van der Waals surface area contributed by atoms with E-state index in [-0.39, 0.29) is 10.5 Å². The number of benzene rings is 1. The van der Waals surface area contributed by atoms with Crippen LogP contribution >= 0.6 is 23.3 Å². The molecule has 0 unspecified atom stereocenters. The highest BCUT2D eigenvalue weighted by atomic mass is 32.2. The topological polar surface area (TPSA) is 46.0 Å². The molecule has 1 heterocycles. The Labute approximate surface area is 109 Å². The first kappa shape index (κ1) is 13.3. The maximum absolute atomic E-state index is 12.9. The molecular weight excluding hydrogens is 285 g/mol. The molecule has 0 radical (unpaired) electrons. The number of rotatable bonds is 3. The van der Waals surface area contributed by atoms with E-state index in [0.29, 0.717) is 4.34 Å². The van der Waals surface area contributed by atoms with Gasteiger partial charge in [-0.15, -0.1) is 0 Å². The van der Waals surface area contributed by atoms with Crippen LogP contribution in [-0.4, -0.2) is 14.5 Å². The van der Waals surface area contributed by atoms with Crippen molar-refractivity contribution in [3.63, 3.8) is 0 Å². The van der Waals surface area contributed by atoms with Gasteiger partial charge in [0.05, 0.1) is 12.2 Å². The zero-order valence-corrected chi connectivity index (χ0v) is 10.4. The van der Waals surface area contributed by atoms with E-state index in [9.17, 15) is 13.2 Å². The lowest BCUT2D eigenvalue weighted by atomic mass is 10.1. The lowest BCUT2D eigenvalue weighted by Gasteiger charge is -2.12. The van der Waals surface area contributed by atoms with E-state index in [4.69, 9.17) is 5.11 Å². The lowest BCUT2D eigenvalue weighted by molar-refractivity contribution is -0.139. The summed E-state index contributed by atoms with van der Waals surface area (Å²) in [5.74, 6) is 0. The second-order valence-electron chi connectivity index (χ2n) is 3.30. The average molecular weight is 292 g/mol. The fraction of sp³-hybridized carbons (Fsp3) is 0.200. The van der Waals surface area contributed by atoms with Gasteiger partial charge in [-0.05, 0) is 29.2 Å². The summed E-state index contributed by atoms with van der Waals surface area (Å²) in [7, 11) is 0. The minimum absolute atomic E-state index is 0.0523. The molecule has 1 aromatic heterocycles. The third-order valence-corrected chi connectivity index (χ3v) is 3.86. The van der Waals surface area contributed by atoms with Crippen LogP contribution in [0.3, 0.4) is 0 Å². The Balaban J connectivity index is 2.40. The van der Waals surface area contributed by atoms with Crippen molar-refractivity contribution in [3.8, 4) is 0 Å². The van der Waals surface area contributed by atoms with Crippen LogP contribution in [0.1, 0.15) is 11.1 Å². The molecule has 18 heavy (non-hydrogen) atoms. The summed E-state index contributed by atoms with van der Waals surface area (Å²) in [6.45, 7) is -0.424. The van der Waals surface area contributed by atoms with Crippen LogP contribution in [0.25, 0.3) is 0 Å². The molecule has 0 fully saturated rings. The molecule has 0 bridgehead atoms. The Hall–Kier alpha value is -1.12. The maximum Gasteiger partial charge on any atom is 0.417 e. The van der Waals surface area contributed by atoms with Gasteiger partial charge in [0.1, 0.15) is 6.33 Å². The second kappa shape index (κ2) is 5.25. The molecule has 0 aliphatic carbocycles. The summed E-state index contributed by atoms with van der Waals surface area (Å²) in [5.41, 5.74) is -0.543. The Morgan fingerprint density at radius 1 is 1.33 bits per heavy atom.